The van der Waals surface area contributed by atoms with Crippen molar-refractivity contribution in [3.05, 3.63) is 0 Å². The third-order valence-corrected chi connectivity index (χ3v) is 7.76. The quantitative estimate of drug-likeness (QED) is 0.372. The number of carbonyl (C=O) groups excluding carboxylic acids is 1. The number of hydrogen-bond acceptors (Lipinski definition) is 3. The second-order valence-electron chi connectivity index (χ2n) is 3.41. The predicted octanol–water partition coefficient (Wildman–Crippen LogP) is 0.442. The average Bonchev–Trinajstić information content (AvgIpc) is 1.98. The SMILES string of the molecule is CC(=O)OCCC[Si](C)(C)O[SiH3]. The van der Waals surface area contributed by atoms with Crippen molar-refractivity contribution in [2.75, 3.05) is 6.61 Å². The number of carbonyl (C=O) groups is 1. The molecule has 0 aliphatic rings. The van der Waals surface area contributed by atoms with E-state index in [0.717, 1.165) is 23.0 Å². The largest absolute Gasteiger partial charge is 0.466 e. The Hall–Kier alpha value is -0.136. The van der Waals surface area contributed by atoms with Crippen LogP contribution in [-0.2, 0) is 13.6 Å². The van der Waals surface area contributed by atoms with Crippen molar-refractivity contribution in [3.63, 3.8) is 0 Å². The Labute approximate surface area is 78.1 Å². The van der Waals surface area contributed by atoms with Gasteiger partial charge in [0.1, 0.15) is 10.5 Å². The molecule has 72 valence electrons. The molecular formula is C7H18O3Si2. The van der Waals surface area contributed by atoms with Crippen LogP contribution in [0.2, 0.25) is 19.1 Å². The fourth-order valence-electron chi connectivity index (χ4n) is 0.816. The van der Waals surface area contributed by atoms with Crippen LogP contribution in [0.3, 0.4) is 0 Å². The van der Waals surface area contributed by atoms with E-state index in [4.69, 9.17) is 8.85 Å². The van der Waals surface area contributed by atoms with Crippen molar-refractivity contribution >= 4 is 24.8 Å². The molecule has 0 saturated carbocycles. The van der Waals surface area contributed by atoms with E-state index in [1.165, 1.54) is 6.92 Å². The van der Waals surface area contributed by atoms with E-state index in [0.29, 0.717) is 6.61 Å². The lowest BCUT2D eigenvalue weighted by atomic mass is 10.5. The highest BCUT2D eigenvalue weighted by Gasteiger charge is 2.18. The van der Waals surface area contributed by atoms with Crippen LogP contribution in [0.15, 0.2) is 0 Å². The summed E-state index contributed by atoms with van der Waals surface area (Å²) >= 11 is 0. The van der Waals surface area contributed by atoms with Gasteiger partial charge in [0, 0.05) is 6.92 Å². The molecule has 0 N–H and O–H groups in total. The molecule has 0 heterocycles. The van der Waals surface area contributed by atoms with Crippen molar-refractivity contribution in [3.8, 4) is 0 Å². The number of esters is 1. The first-order valence-corrected chi connectivity index (χ1v) is 8.09. The maximum atomic E-state index is 10.4. The van der Waals surface area contributed by atoms with Gasteiger partial charge in [-0.05, 0) is 25.6 Å². The van der Waals surface area contributed by atoms with E-state index in [-0.39, 0.29) is 5.97 Å². The van der Waals surface area contributed by atoms with E-state index in [9.17, 15) is 4.79 Å². The highest BCUT2D eigenvalue weighted by Crippen LogP contribution is 2.11. The lowest BCUT2D eigenvalue weighted by molar-refractivity contribution is -0.140. The van der Waals surface area contributed by atoms with Crippen LogP contribution in [0.25, 0.3) is 0 Å². The molecule has 3 nitrogen and oxygen atoms in total. The fourth-order valence-corrected chi connectivity index (χ4v) is 2.63. The summed E-state index contributed by atoms with van der Waals surface area (Å²) in [6.07, 6.45) is 0.932. The Balaban J connectivity index is 3.37. The van der Waals surface area contributed by atoms with Gasteiger partial charge in [0.05, 0.1) is 6.61 Å². The van der Waals surface area contributed by atoms with Gasteiger partial charge >= 0.3 is 5.97 Å². The maximum absolute atomic E-state index is 10.4. The standard InChI is InChI=1S/C7H18O3Si2/c1-7(8)9-5-4-6-12(2,3)10-11/h4-6H2,1-3,11H3. The molecule has 0 atom stereocenters. The molecule has 0 radical (unpaired) electrons. The summed E-state index contributed by atoms with van der Waals surface area (Å²) in [4.78, 5) is 10.4. The monoisotopic (exact) mass is 206 g/mol. The van der Waals surface area contributed by atoms with Gasteiger partial charge in [-0.15, -0.1) is 0 Å². The fraction of sp³-hybridized carbons (Fsp3) is 0.857. The van der Waals surface area contributed by atoms with Crippen molar-refractivity contribution in [2.45, 2.75) is 32.5 Å². The van der Waals surface area contributed by atoms with E-state index in [1.54, 1.807) is 0 Å². The lowest BCUT2D eigenvalue weighted by Gasteiger charge is -2.20. The molecule has 0 aliphatic carbocycles. The zero-order valence-corrected chi connectivity index (χ0v) is 11.3. The smallest absolute Gasteiger partial charge is 0.302 e. The second kappa shape index (κ2) is 5.50. The van der Waals surface area contributed by atoms with E-state index in [2.05, 4.69) is 13.1 Å². The molecule has 0 aliphatic heterocycles. The minimum Gasteiger partial charge on any atom is -0.466 e. The van der Waals surface area contributed by atoms with Gasteiger partial charge in [0.2, 0.25) is 0 Å². The highest BCUT2D eigenvalue weighted by atomic mass is 28.4. The van der Waals surface area contributed by atoms with Crippen LogP contribution >= 0.6 is 0 Å². The van der Waals surface area contributed by atoms with Gasteiger partial charge in [-0.3, -0.25) is 4.79 Å². The van der Waals surface area contributed by atoms with Crippen molar-refractivity contribution in [1.82, 2.24) is 0 Å². The Bertz CT molecular complexity index is 148. The van der Waals surface area contributed by atoms with Gasteiger partial charge in [-0.2, -0.15) is 0 Å². The molecule has 0 aromatic carbocycles. The Morgan fingerprint density at radius 1 is 1.50 bits per heavy atom. The molecular weight excluding hydrogens is 188 g/mol. The first-order chi connectivity index (χ1) is 5.48. The normalized spacial score (nSPS) is 11.6. The molecule has 0 amide bonds. The first kappa shape index (κ1) is 11.9. The summed E-state index contributed by atoms with van der Waals surface area (Å²) < 4.78 is 10.3. The Kier molecular flexibility index (Phi) is 5.44. The predicted molar refractivity (Wildman–Crippen MR) is 54.6 cm³/mol. The van der Waals surface area contributed by atoms with Gasteiger partial charge in [0.15, 0.2) is 8.32 Å². The average molecular weight is 206 g/mol. The topological polar surface area (TPSA) is 35.5 Å². The zero-order chi connectivity index (χ0) is 9.61. The van der Waals surface area contributed by atoms with Gasteiger partial charge in [0.25, 0.3) is 0 Å². The molecule has 0 aromatic heterocycles. The van der Waals surface area contributed by atoms with E-state index >= 15 is 0 Å². The van der Waals surface area contributed by atoms with Gasteiger partial charge < -0.3 is 8.85 Å². The van der Waals surface area contributed by atoms with Crippen molar-refractivity contribution in [1.29, 1.82) is 0 Å². The van der Waals surface area contributed by atoms with Gasteiger partial charge in [-0.1, -0.05) is 0 Å². The summed E-state index contributed by atoms with van der Waals surface area (Å²) in [7, 11) is -0.563. The van der Waals surface area contributed by atoms with Crippen molar-refractivity contribution < 1.29 is 13.6 Å². The third-order valence-electron chi connectivity index (χ3n) is 1.78. The Morgan fingerprint density at radius 2 is 2.08 bits per heavy atom. The van der Waals surface area contributed by atoms with E-state index in [1.807, 2.05) is 0 Å². The molecule has 0 unspecified atom stereocenters. The summed E-state index contributed by atoms with van der Waals surface area (Å²) in [6.45, 7) is 6.35. The van der Waals surface area contributed by atoms with Crippen LogP contribution in [0.1, 0.15) is 13.3 Å². The van der Waals surface area contributed by atoms with Crippen LogP contribution in [-0.4, -0.2) is 31.4 Å². The minimum absolute atomic E-state index is 0.193. The zero-order valence-electron chi connectivity index (χ0n) is 8.35. The van der Waals surface area contributed by atoms with Crippen molar-refractivity contribution in [2.24, 2.45) is 0 Å². The molecule has 0 fully saturated rings. The lowest BCUT2D eigenvalue weighted by Crippen LogP contribution is -2.29. The molecule has 12 heavy (non-hydrogen) atoms. The number of rotatable bonds is 5. The summed E-state index contributed by atoms with van der Waals surface area (Å²) in [6, 6.07) is 1.07. The molecule has 0 bridgehead atoms. The van der Waals surface area contributed by atoms with Crippen LogP contribution in [0.4, 0.5) is 0 Å². The molecule has 0 spiro atoms. The molecule has 0 rings (SSSR count). The Morgan fingerprint density at radius 3 is 2.50 bits per heavy atom. The number of ether oxygens (including phenoxy) is 1. The summed E-state index contributed by atoms with van der Waals surface area (Å²) in [5.74, 6) is -0.193. The number of hydrogen-bond donors (Lipinski definition) is 0. The van der Waals surface area contributed by atoms with Crippen LogP contribution in [0, 0.1) is 0 Å². The molecule has 0 aromatic rings. The maximum Gasteiger partial charge on any atom is 0.302 e. The van der Waals surface area contributed by atoms with Gasteiger partial charge in [-0.25, -0.2) is 0 Å². The minimum atomic E-state index is -1.38. The molecule has 0 saturated heterocycles. The van der Waals surface area contributed by atoms with Crippen LogP contribution in [0.5, 0.6) is 0 Å². The summed E-state index contributed by atoms with van der Waals surface area (Å²) in [5.41, 5.74) is 0. The molecule has 5 heteroatoms. The third kappa shape index (κ3) is 6.57. The first-order valence-electron chi connectivity index (χ1n) is 4.16. The summed E-state index contributed by atoms with van der Waals surface area (Å²) in [5, 5.41) is 0. The van der Waals surface area contributed by atoms with E-state index < -0.39 is 8.32 Å². The van der Waals surface area contributed by atoms with Crippen LogP contribution < -0.4 is 0 Å². The second-order valence-corrected chi connectivity index (χ2v) is 9.06. The highest BCUT2D eigenvalue weighted by molar-refractivity contribution is 6.73.